The molecule has 1 fully saturated rings. The molecule has 1 aliphatic rings. The minimum atomic E-state index is -0.901. The van der Waals surface area contributed by atoms with Crippen LogP contribution in [0, 0.1) is 0 Å². The van der Waals surface area contributed by atoms with Crippen molar-refractivity contribution in [1.82, 2.24) is 25.5 Å². The number of hydrogen-bond donors (Lipinski definition) is 2. The van der Waals surface area contributed by atoms with Gasteiger partial charge in [0.25, 0.3) is 5.91 Å². The molecule has 22 heavy (non-hydrogen) atoms. The Morgan fingerprint density at radius 3 is 2.77 bits per heavy atom. The predicted octanol–water partition coefficient (Wildman–Crippen LogP) is 0.789. The van der Waals surface area contributed by atoms with E-state index in [0.717, 1.165) is 6.42 Å². The molecule has 0 bridgehead atoms. The van der Waals surface area contributed by atoms with Crippen molar-refractivity contribution in [2.45, 2.75) is 31.2 Å². The maximum absolute atomic E-state index is 12.4. The van der Waals surface area contributed by atoms with Crippen molar-refractivity contribution in [3.05, 3.63) is 36.2 Å². The van der Waals surface area contributed by atoms with Gasteiger partial charge in [0, 0.05) is 5.56 Å². The maximum Gasteiger partial charge on any atom is 0.305 e. The van der Waals surface area contributed by atoms with Crippen LogP contribution in [-0.2, 0) is 4.79 Å². The topological polar surface area (TPSA) is 110 Å². The number of nitrogens with zero attached hydrogens (tertiary/aromatic N) is 4. The van der Waals surface area contributed by atoms with Crippen LogP contribution >= 0.6 is 0 Å². The summed E-state index contributed by atoms with van der Waals surface area (Å²) in [5.41, 5.74) is 0.497. The van der Waals surface area contributed by atoms with Gasteiger partial charge in [0.15, 0.2) is 0 Å². The first kappa shape index (κ1) is 14.2. The number of tetrazole rings is 1. The third-order valence-electron chi connectivity index (χ3n) is 3.90. The lowest BCUT2D eigenvalue weighted by atomic mass is 9.74. The molecule has 2 N–H and O–H groups in total. The Labute approximate surface area is 126 Å². The average Bonchev–Trinajstić information content (AvgIpc) is 2.98. The fraction of sp³-hybridized carbons (Fsp3) is 0.357. The van der Waals surface area contributed by atoms with E-state index in [0.29, 0.717) is 24.1 Å². The second-order valence-electron chi connectivity index (χ2n) is 5.46. The van der Waals surface area contributed by atoms with Gasteiger partial charge in [-0.25, -0.2) is 4.68 Å². The van der Waals surface area contributed by atoms with Crippen LogP contribution in [-0.4, -0.2) is 42.7 Å². The Hall–Kier alpha value is -2.77. The number of carboxylic acids is 1. The first-order valence-corrected chi connectivity index (χ1v) is 6.96. The zero-order valence-corrected chi connectivity index (χ0v) is 11.8. The van der Waals surface area contributed by atoms with Crippen molar-refractivity contribution in [3.63, 3.8) is 0 Å². The SMILES string of the molecule is O=C(O)CC1(NC(=O)c2cccc(-n3cnnn3)c2)CCC1. The molecule has 1 aromatic heterocycles. The van der Waals surface area contributed by atoms with Gasteiger partial charge < -0.3 is 10.4 Å². The summed E-state index contributed by atoms with van der Waals surface area (Å²) >= 11 is 0. The number of aliphatic carboxylic acids is 1. The largest absolute Gasteiger partial charge is 0.481 e. The highest BCUT2D eigenvalue weighted by Crippen LogP contribution is 2.35. The van der Waals surface area contributed by atoms with Crippen LogP contribution < -0.4 is 5.32 Å². The first-order valence-electron chi connectivity index (χ1n) is 6.96. The van der Waals surface area contributed by atoms with E-state index in [4.69, 9.17) is 5.11 Å². The Morgan fingerprint density at radius 1 is 1.36 bits per heavy atom. The van der Waals surface area contributed by atoms with Crippen molar-refractivity contribution >= 4 is 11.9 Å². The molecule has 1 saturated carbocycles. The van der Waals surface area contributed by atoms with E-state index < -0.39 is 11.5 Å². The van der Waals surface area contributed by atoms with Crippen LogP contribution in [0.2, 0.25) is 0 Å². The molecule has 8 heteroatoms. The molecule has 0 spiro atoms. The molecular weight excluding hydrogens is 286 g/mol. The first-order chi connectivity index (χ1) is 10.6. The molecule has 1 aromatic carbocycles. The monoisotopic (exact) mass is 301 g/mol. The Morgan fingerprint density at radius 2 is 2.18 bits per heavy atom. The van der Waals surface area contributed by atoms with Crippen LogP contribution in [0.15, 0.2) is 30.6 Å². The lowest BCUT2D eigenvalue weighted by molar-refractivity contribution is -0.139. The molecule has 114 valence electrons. The Bertz CT molecular complexity index is 694. The van der Waals surface area contributed by atoms with Crippen molar-refractivity contribution in [3.8, 4) is 5.69 Å². The molecular formula is C14H15N5O3. The van der Waals surface area contributed by atoms with Gasteiger partial charge in [-0.2, -0.15) is 0 Å². The number of benzene rings is 1. The van der Waals surface area contributed by atoms with Gasteiger partial charge in [-0.3, -0.25) is 9.59 Å². The van der Waals surface area contributed by atoms with E-state index in [1.165, 1.54) is 11.0 Å². The Kier molecular flexibility index (Phi) is 3.58. The van der Waals surface area contributed by atoms with Crippen molar-refractivity contribution in [2.75, 3.05) is 0 Å². The van der Waals surface area contributed by atoms with Gasteiger partial charge in [0.2, 0.25) is 0 Å². The molecule has 1 heterocycles. The lowest BCUT2D eigenvalue weighted by Gasteiger charge is -2.41. The van der Waals surface area contributed by atoms with Gasteiger partial charge >= 0.3 is 5.97 Å². The number of carbonyl (C=O) groups is 2. The van der Waals surface area contributed by atoms with Gasteiger partial charge in [-0.05, 0) is 47.9 Å². The molecule has 2 aromatic rings. The minimum Gasteiger partial charge on any atom is -0.481 e. The number of aromatic nitrogens is 4. The quantitative estimate of drug-likeness (QED) is 0.844. The molecule has 0 saturated heterocycles. The third-order valence-corrected chi connectivity index (χ3v) is 3.90. The maximum atomic E-state index is 12.4. The second-order valence-corrected chi connectivity index (χ2v) is 5.46. The van der Waals surface area contributed by atoms with Crippen molar-refractivity contribution in [2.24, 2.45) is 0 Å². The van der Waals surface area contributed by atoms with Gasteiger partial charge in [-0.15, -0.1) is 5.10 Å². The van der Waals surface area contributed by atoms with E-state index in [9.17, 15) is 9.59 Å². The fourth-order valence-corrected chi connectivity index (χ4v) is 2.62. The molecule has 0 unspecified atom stereocenters. The summed E-state index contributed by atoms with van der Waals surface area (Å²) in [6, 6.07) is 6.86. The summed E-state index contributed by atoms with van der Waals surface area (Å²) in [6.07, 6.45) is 3.70. The van der Waals surface area contributed by atoms with Gasteiger partial charge in [0.05, 0.1) is 17.6 Å². The van der Waals surface area contributed by atoms with Crippen molar-refractivity contribution < 1.29 is 14.7 Å². The molecule has 0 atom stereocenters. The van der Waals surface area contributed by atoms with Crippen LogP contribution in [0.5, 0.6) is 0 Å². The molecule has 1 aliphatic carbocycles. The summed E-state index contributed by atoms with van der Waals surface area (Å²) in [7, 11) is 0. The second kappa shape index (κ2) is 5.55. The highest BCUT2D eigenvalue weighted by molar-refractivity contribution is 5.95. The summed E-state index contributed by atoms with van der Waals surface area (Å²) in [4.78, 5) is 23.3. The van der Waals surface area contributed by atoms with Crippen LogP contribution in [0.25, 0.3) is 5.69 Å². The Balaban J connectivity index is 1.78. The number of hydrogen-bond acceptors (Lipinski definition) is 5. The van der Waals surface area contributed by atoms with Crippen molar-refractivity contribution in [1.29, 1.82) is 0 Å². The summed E-state index contributed by atoms with van der Waals surface area (Å²) in [5.74, 6) is -1.18. The molecule has 0 radical (unpaired) electrons. The highest BCUT2D eigenvalue weighted by atomic mass is 16.4. The van der Waals surface area contributed by atoms with E-state index in [1.807, 2.05) is 0 Å². The van der Waals surface area contributed by atoms with Crippen LogP contribution in [0.1, 0.15) is 36.0 Å². The van der Waals surface area contributed by atoms with Crippen LogP contribution in [0.3, 0.4) is 0 Å². The average molecular weight is 301 g/mol. The molecule has 3 rings (SSSR count). The summed E-state index contributed by atoms with van der Waals surface area (Å²) in [6.45, 7) is 0. The van der Waals surface area contributed by atoms with E-state index >= 15 is 0 Å². The minimum absolute atomic E-state index is 0.0502. The standard InChI is InChI=1S/C14H15N5O3/c20-12(21)8-14(5-2-6-14)16-13(22)10-3-1-4-11(7-10)19-9-15-17-18-19/h1,3-4,7,9H,2,5-6,8H2,(H,16,22)(H,20,21). The van der Waals surface area contributed by atoms with Gasteiger partial charge in [0.1, 0.15) is 6.33 Å². The fourth-order valence-electron chi connectivity index (χ4n) is 2.62. The smallest absolute Gasteiger partial charge is 0.305 e. The van der Waals surface area contributed by atoms with Gasteiger partial charge in [-0.1, -0.05) is 6.07 Å². The highest BCUT2D eigenvalue weighted by Gasteiger charge is 2.40. The zero-order chi connectivity index (χ0) is 15.6. The normalized spacial score (nSPS) is 15.8. The number of carboxylic acid groups (broad SMARTS) is 1. The summed E-state index contributed by atoms with van der Waals surface area (Å²) in [5, 5.41) is 22.7. The number of nitrogens with one attached hydrogen (secondary N) is 1. The number of carbonyl (C=O) groups excluding carboxylic acids is 1. The molecule has 8 nitrogen and oxygen atoms in total. The van der Waals surface area contributed by atoms with E-state index in [-0.39, 0.29) is 12.3 Å². The molecule has 0 aliphatic heterocycles. The lowest BCUT2D eigenvalue weighted by Crippen LogP contribution is -2.54. The van der Waals surface area contributed by atoms with E-state index in [1.54, 1.807) is 24.3 Å². The van der Waals surface area contributed by atoms with E-state index in [2.05, 4.69) is 20.8 Å². The third kappa shape index (κ3) is 2.80. The van der Waals surface area contributed by atoms with Crippen LogP contribution in [0.4, 0.5) is 0 Å². The molecule has 1 amide bonds. The number of rotatable bonds is 5. The predicted molar refractivity (Wildman–Crippen MR) is 75.5 cm³/mol. The zero-order valence-electron chi connectivity index (χ0n) is 11.8. The summed E-state index contributed by atoms with van der Waals surface area (Å²) < 4.78 is 1.45. The number of amides is 1.